The topological polar surface area (TPSA) is 72.2 Å². The first kappa shape index (κ1) is 14.9. The largest absolute Gasteiger partial charge is 0.273 e. The molecule has 6 heteroatoms. The van der Waals surface area contributed by atoms with E-state index in [0.717, 1.165) is 22.3 Å². The van der Waals surface area contributed by atoms with Gasteiger partial charge in [0.05, 0.1) is 17.8 Å². The third-order valence-corrected chi connectivity index (χ3v) is 3.51. The molecule has 0 aliphatic carbocycles. The second-order valence-corrected chi connectivity index (χ2v) is 5.15. The van der Waals surface area contributed by atoms with Crippen LogP contribution in [-0.2, 0) is 11.3 Å². The van der Waals surface area contributed by atoms with E-state index in [1.807, 2.05) is 61.5 Å². The second kappa shape index (κ2) is 6.83. The molecule has 23 heavy (non-hydrogen) atoms. The number of carbonyl (C=O) groups is 1. The number of aryl methyl sites for hydroxylation is 1. The van der Waals surface area contributed by atoms with Crippen LogP contribution in [-0.4, -0.2) is 26.6 Å². The Morgan fingerprint density at radius 2 is 1.87 bits per heavy atom. The lowest BCUT2D eigenvalue weighted by Gasteiger charge is -2.03. The van der Waals surface area contributed by atoms with Gasteiger partial charge in [-0.25, -0.2) is 10.1 Å². The van der Waals surface area contributed by atoms with Crippen LogP contribution in [0.4, 0.5) is 0 Å². The van der Waals surface area contributed by atoms with Crippen molar-refractivity contribution in [1.82, 2.24) is 20.4 Å². The maximum atomic E-state index is 11.9. The molecule has 1 aromatic heterocycles. The number of carbonyl (C=O) groups excluding carboxylic acids is 1. The highest BCUT2D eigenvalue weighted by Gasteiger charge is 2.06. The van der Waals surface area contributed by atoms with Crippen molar-refractivity contribution in [3.63, 3.8) is 0 Å². The highest BCUT2D eigenvalue weighted by molar-refractivity contribution is 5.99. The monoisotopic (exact) mass is 307 g/mol. The molecule has 0 radical (unpaired) electrons. The SMILES string of the molecule is C/C(=N/NC(=O)CCn1nnc2ccccc21)c1ccccc1. The van der Waals surface area contributed by atoms with Crippen LogP contribution < -0.4 is 5.43 Å². The van der Waals surface area contributed by atoms with Gasteiger partial charge in [0.15, 0.2) is 0 Å². The summed E-state index contributed by atoms with van der Waals surface area (Å²) in [6.45, 7) is 2.33. The lowest BCUT2D eigenvalue weighted by atomic mass is 10.1. The standard InChI is InChI=1S/C17H17N5O/c1-13(14-7-3-2-4-8-14)18-20-17(23)11-12-22-16-10-6-5-9-15(16)19-21-22/h2-10H,11-12H2,1H3,(H,20,23)/b18-13-. The van der Waals surface area contributed by atoms with Gasteiger partial charge in [-0.15, -0.1) is 5.10 Å². The Bertz CT molecular complexity index is 838. The summed E-state index contributed by atoms with van der Waals surface area (Å²) >= 11 is 0. The van der Waals surface area contributed by atoms with E-state index in [1.54, 1.807) is 4.68 Å². The molecule has 0 atom stereocenters. The van der Waals surface area contributed by atoms with Crippen LogP contribution in [0.15, 0.2) is 59.7 Å². The average molecular weight is 307 g/mol. The van der Waals surface area contributed by atoms with Crippen LogP contribution in [0.25, 0.3) is 11.0 Å². The maximum absolute atomic E-state index is 11.9. The zero-order valence-electron chi connectivity index (χ0n) is 12.8. The summed E-state index contributed by atoms with van der Waals surface area (Å²) in [7, 11) is 0. The van der Waals surface area contributed by atoms with Crippen LogP contribution >= 0.6 is 0 Å². The predicted molar refractivity (Wildman–Crippen MR) is 88.9 cm³/mol. The van der Waals surface area contributed by atoms with E-state index in [9.17, 15) is 4.79 Å². The summed E-state index contributed by atoms with van der Waals surface area (Å²) < 4.78 is 1.72. The smallest absolute Gasteiger partial charge is 0.241 e. The lowest BCUT2D eigenvalue weighted by Crippen LogP contribution is -2.21. The molecule has 0 bridgehead atoms. The number of benzene rings is 2. The summed E-state index contributed by atoms with van der Waals surface area (Å²) in [5, 5.41) is 12.3. The summed E-state index contributed by atoms with van der Waals surface area (Å²) in [6, 6.07) is 17.4. The summed E-state index contributed by atoms with van der Waals surface area (Å²) in [4.78, 5) is 11.9. The molecular formula is C17H17N5O. The first-order valence-corrected chi connectivity index (χ1v) is 7.41. The fourth-order valence-corrected chi connectivity index (χ4v) is 2.24. The van der Waals surface area contributed by atoms with E-state index in [4.69, 9.17) is 0 Å². The van der Waals surface area contributed by atoms with Gasteiger partial charge in [0.2, 0.25) is 5.91 Å². The van der Waals surface area contributed by atoms with Gasteiger partial charge in [0.25, 0.3) is 0 Å². The molecule has 1 amide bonds. The number of fused-ring (bicyclic) bond motifs is 1. The van der Waals surface area contributed by atoms with Gasteiger partial charge in [-0.1, -0.05) is 47.7 Å². The molecule has 0 saturated heterocycles. The number of hydrogen-bond donors (Lipinski definition) is 1. The number of aromatic nitrogens is 3. The highest BCUT2D eigenvalue weighted by atomic mass is 16.2. The van der Waals surface area contributed by atoms with Crippen LogP contribution in [0.5, 0.6) is 0 Å². The van der Waals surface area contributed by atoms with Gasteiger partial charge in [0.1, 0.15) is 5.52 Å². The van der Waals surface area contributed by atoms with E-state index >= 15 is 0 Å². The minimum absolute atomic E-state index is 0.153. The minimum Gasteiger partial charge on any atom is -0.273 e. The van der Waals surface area contributed by atoms with Gasteiger partial charge < -0.3 is 0 Å². The highest BCUT2D eigenvalue weighted by Crippen LogP contribution is 2.09. The number of nitrogens with one attached hydrogen (secondary N) is 1. The fourth-order valence-electron chi connectivity index (χ4n) is 2.24. The van der Waals surface area contributed by atoms with E-state index in [2.05, 4.69) is 20.8 Å². The molecule has 116 valence electrons. The van der Waals surface area contributed by atoms with Crippen molar-refractivity contribution in [2.75, 3.05) is 0 Å². The van der Waals surface area contributed by atoms with Crippen molar-refractivity contribution in [3.05, 3.63) is 60.2 Å². The number of nitrogens with zero attached hydrogens (tertiary/aromatic N) is 4. The normalized spacial score (nSPS) is 11.6. The quantitative estimate of drug-likeness (QED) is 0.581. The number of hydrazone groups is 1. The zero-order chi connectivity index (χ0) is 16.1. The summed E-state index contributed by atoms with van der Waals surface area (Å²) in [5.74, 6) is -0.153. The third-order valence-electron chi connectivity index (χ3n) is 3.51. The lowest BCUT2D eigenvalue weighted by molar-refractivity contribution is -0.121. The zero-order valence-corrected chi connectivity index (χ0v) is 12.8. The first-order chi connectivity index (χ1) is 11.2. The van der Waals surface area contributed by atoms with Crippen molar-refractivity contribution >= 4 is 22.7 Å². The Hall–Kier alpha value is -3.02. The molecule has 0 aliphatic rings. The predicted octanol–water partition coefficient (Wildman–Crippen LogP) is 2.36. The number of hydrogen-bond acceptors (Lipinski definition) is 4. The van der Waals surface area contributed by atoms with Crippen LogP contribution in [0.3, 0.4) is 0 Å². The fraction of sp³-hybridized carbons (Fsp3) is 0.176. The average Bonchev–Trinajstić information content (AvgIpc) is 3.02. The van der Waals surface area contributed by atoms with Crippen molar-refractivity contribution < 1.29 is 4.79 Å². The van der Waals surface area contributed by atoms with Gasteiger partial charge in [0, 0.05) is 6.42 Å². The Labute approximate surface area is 133 Å². The Balaban J connectivity index is 1.58. The Morgan fingerprint density at radius 3 is 2.70 bits per heavy atom. The maximum Gasteiger partial charge on any atom is 0.241 e. The summed E-state index contributed by atoms with van der Waals surface area (Å²) in [6.07, 6.45) is 0.291. The van der Waals surface area contributed by atoms with Crippen LogP contribution in [0.2, 0.25) is 0 Å². The molecule has 0 saturated carbocycles. The number of para-hydroxylation sites is 1. The molecule has 2 aromatic carbocycles. The molecule has 3 rings (SSSR count). The van der Waals surface area contributed by atoms with Crippen molar-refractivity contribution in [3.8, 4) is 0 Å². The Kier molecular flexibility index (Phi) is 4.42. The van der Waals surface area contributed by atoms with Crippen LogP contribution in [0.1, 0.15) is 18.9 Å². The minimum atomic E-state index is -0.153. The molecule has 0 fully saturated rings. The van der Waals surface area contributed by atoms with Gasteiger partial charge >= 0.3 is 0 Å². The van der Waals surface area contributed by atoms with E-state index in [1.165, 1.54) is 0 Å². The third kappa shape index (κ3) is 3.60. The molecule has 1 N–H and O–H groups in total. The first-order valence-electron chi connectivity index (χ1n) is 7.41. The summed E-state index contributed by atoms with van der Waals surface area (Å²) in [5.41, 5.74) is 6.07. The van der Waals surface area contributed by atoms with Gasteiger partial charge in [-0.2, -0.15) is 5.10 Å². The van der Waals surface area contributed by atoms with Crippen molar-refractivity contribution in [2.24, 2.45) is 5.10 Å². The molecule has 0 unspecified atom stereocenters. The van der Waals surface area contributed by atoms with E-state index in [0.29, 0.717) is 13.0 Å². The molecule has 0 spiro atoms. The van der Waals surface area contributed by atoms with Gasteiger partial charge in [-0.3, -0.25) is 4.79 Å². The van der Waals surface area contributed by atoms with Crippen molar-refractivity contribution in [2.45, 2.75) is 19.9 Å². The number of rotatable bonds is 5. The van der Waals surface area contributed by atoms with Crippen LogP contribution in [0, 0.1) is 0 Å². The van der Waals surface area contributed by atoms with E-state index in [-0.39, 0.29) is 5.91 Å². The van der Waals surface area contributed by atoms with Gasteiger partial charge in [-0.05, 0) is 24.6 Å². The molecule has 1 heterocycles. The van der Waals surface area contributed by atoms with Crippen molar-refractivity contribution in [1.29, 1.82) is 0 Å². The van der Waals surface area contributed by atoms with E-state index < -0.39 is 0 Å². The molecular weight excluding hydrogens is 290 g/mol. The number of amides is 1. The molecule has 6 nitrogen and oxygen atoms in total. The second-order valence-electron chi connectivity index (χ2n) is 5.15. The Morgan fingerprint density at radius 1 is 1.13 bits per heavy atom. The molecule has 0 aliphatic heterocycles. The molecule has 3 aromatic rings.